The van der Waals surface area contributed by atoms with E-state index in [2.05, 4.69) is 14.1 Å². The van der Waals surface area contributed by atoms with Crippen LogP contribution in [0.4, 0.5) is 13.2 Å². The van der Waals surface area contributed by atoms with E-state index < -0.39 is 41.6 Å². The summed E-state index contributed by atoms with van der Waals surface area (Å²) in [6.07, 6.45) is -4.85. The fourth-order valence-electron chi connectivity index (χ4n) is 3.85. The van der Waals surface area contributed by atoms with Crippen LogP contribution in [0, 0.1) is 0 Å². The van der Waals surface area contributed by atoms with Crippen LogP contribution >= 0.6 is 9.03 Å². The summed E-state index contributed by atoms with van der Waals surface area (Å²) in [6.45, 7) is 1.70. The molecule has 1 saturated heterocycles. The van der Waals surface area contributed by atoms with Gasteiger partial charge in [0.05, 0.1) is 11.5 Å². The van der Waals surface area contributed by atoms with Crippen molar-refractivity contribution in [2.75, 3.05) is 33.4 Å². The first-order valence-corrected chi connectivity index (χ1v) is 13.6. The van der Waals surface area contributed by atoms with Gasteiger partial charge in [0.2, 0.25) is 9.03 Å². The SMILES string of the molecule is COCCN1CCC(C(=O)NO)(S(=O)(=O)c2ccc(Oc3ccc(OC(F)(F)F)cc3)cc2)CC1.OOPOO. The van der Waals surface area contributed by atoms with Crippen LogP contribution in [0.25, 0.3) is 0 Å². The van der Waals surface area contributed by atoms with Gasteiger partial charge in [0.25, 0.3) is 5.91 Å². The summed E-state index contributed by atoms with van der Waals surface area (Å²) in [4.78, 5) is 14.4. The molecule has 0 saturated carbocycles. The highest BCUT2D eigenvalue weighted by Gasteiger charge is 2.52. The fraction of sp³-hybridized carbons (Fsp3) is 0.409. The number of rotatable bonds is 11. The molecule has 2 aromatic rings. The summed E-state index contributed by atoms with van der Waals surface area (Å²) in [6, 6.07) is 9.98. The molecule has 1 aliphatic heterocycles. The minimum Gasteiger partial charge on any atom is -0.457 e. The van der Waals surface area contributed by atoms with E-state index in [1.807, 2.05) is 4.90 Å². The van der Waals surface area contributed by atoms with Crippen molar-refractivity contribution in [2.24, 2.45) is 0 Å². The molecule has 224 valence electrons. The largest absolute Gasteiger partial charge is 0.573 e. The van der Waals surface area contributed by atoms with Crippen LogP contribution < -0.4 is 15.0 Å². The number of sulfone groups is 1. The van der Waals surface area contributed by atoms with E-state index in [9.17, 15) is 31.6 Å². The molecule has 0 radical (unpaired) electrons. The Kier molecular flexibility index (Phi) is 12.9. The molecule has 4 N–H and O–H groups in total. The van der Waals surface area contributed by atoms with E-state index in [1.165, 1.54) is 41.9 Å². The van der Waals surface area contributed by atoms with Crippen LogP contribution in [0.1, 0.15) is 12.8 Å². The Morgan fingerprint density at radius 1 is 1.00 bits per heavy atom. The molecule has 2 aromatic carbocycles. The van der Waals surface area contributed by atoms with Gasteiger partial charge in [-0.1, -0.05) is 0 Å². The number of hydrogen-bond acceptors (Lipinski definition) is 12. The zero-order valence-electron chi connectivity index (χ0n) is 21.0. The van der Waals surface area contributed by atoms with Crippen LogP contribution in [0.5, 0.6) is 17.2 Å². The number of halogens is 3. The second-order valence-corrected chi connectivity index (χ2v) is 10.9. The molecule has 1 fully saturated rings. The number of benzene rings is 2. The summed E-state index contributed by atoms with van der Waals surface area (Å²) in [7, 11) is -3.33. The summed E-state index contributed by atoms with van der Waals surface area (Å²) < 4.78 is 82.8. The van der Waals surface area contributed by atoms with Gasteiger partial charge in [-0.05, 0) is 61.4 Å². The molecule has 40 heavy (non-hydrogen) atoms. The molecule has 0 bridgehead atoms. The normalized spacial score (nSPS) is 15.5. The molecule has 0 spiro atoms. The van der Waals surface area contributed by atoms with Crippen LogP contribution in [-0.4, -0.2) is 79.4 Å². The van der Waals surface area contributed by atoms with Crippen molar-refractivity contribution in [3.05, 3.63) is 48.5 Å². The fourth-order valence-corrected chi connectivity index (χ4v) is 5.84. The first-order valence-electron chi connectivity index (χ1n) is 11.3. The maximum Gasteiger partial charge on any atom is 0.573 e. The number of hydroxylamine groups is 1. The van der Waals surface area contributed by atoms with E-state index in [0.29, 0.717) is 26.2 Å². The van der Waals surface area contributed by atoms with Crippen LogP contribution in [0.2, 0.25) is 0 Å². The second-order valence-electron chi connectivity index (χ2n) is 8.13. The number of methoxy groups -OCH3 is 1. The number of ether oxygens (including phenoxy) is 3. The lowest BCUT2D eigenvalue weighted by molar-refractivity contribution is -0.274. The van der Waals surface area contributed by atoms with E-state index in [0.717, 1.165) is 12.1 Å². The van der Waals surface area contributed by atoms with Crippen LogP contribution in [-0.2, 0) is 28.7 Å². The van der Waals surface area contributed by atoms with Crippen LogP contribution in [0.3, 0.4) is 0 Å². The van der Waals surface area contributed by atoms with Crippen molar-refractivity contribution in [3.8, 4) is 17.2 Å². The third kappa shape index (κ3) is 9.22. The monoisotopic (exact) mass is 616 g/mol. The van der Waals surface area contributed by atoms with Gasteiger partial charge in [0.1, 0.15) is 17.2 Å². The van der Waals surface area contributed by atoms with E-state index in [4.69, 9.17) is 20.0 Å². The lowest BCUT2D eigenvalue weighted by Crippen LogP contribution is -2.57. The summed E-state index contributed by atoms with van der Waals surface area (Å²) >= 11 is 0. The number of amides is 1. The molecule has 0 aliphatic carbocycles. The highest BCUT2D eigenvalue weighted by atomic mass is 32.2. The molecule has 1 amide bonds. The molecule has 0 unspecified atom stereocenters. The lowest BCUT2D eigenvalue weighted by atomic mass is 9.95. The smallest absolute Gasteiger partial charge is 0.457 e. The maximum atomic E-state index is 13.5. The number of alkyl halides is 3. The quantitative estimate of drug-likeness (QED) is 0.125. The Morgan fingerprint density at radius 3 is 1.93 bits per heavy atom. The highest BCUT2D eigenvalue weighted by molar-refractivity contribution is 7.93. The Labute approximate surface area is 229 Å². The van der Waals surface area contributed by atoms with E-state index in [-0.39, 0.29) is 29.2 Å². The first kappa shape index (κ1) is 33.6. The molecule has 3 rings (SSSR count). The van der Waals surface area contributed by atoms with Crippen molar-refractivity contribution in [1.29, 1.82) is 0 Å². The Bertz CT molecular complexity index is 1160. The predicted octanol–water partition coefficient (Wildman–Crippen LogP) is 3.61. The first-order chi connectivity index (χ1) is 18.9. The molecule has 13 nitrogen and oxygen atoms in total. The topological polar surface area (TPSA) is 173 Å². The third-order valence-electron chi connectivity index (χ3n) is 5.81. The highest BCUT2D eigenvalue weighted by Crippen LogP contribution is 2.37. The third-order valence-corrected chi connectivity index (χ3v) is 8.47. The van der Waals surface area contributed by atoms with Crippen molar-refractivity contribution in [1.82, 2.24) is 10.4 Å². The van der Waals surface area contributed by atoms with Gasteiger partial charge in [0.15, 0.2) is 14.6 Å². The van der Waals surface area contributed by atoms with Crippen LogP contribution in [0.15, 0.2) is 53.4 Å². The molecular weight excluding hydrogens is 588 g/mol. The van der Waals surface area contributed by atoms with Crippen molar-refractivity contribution in [2.45, 2.75) is 28.8 Å². The van der Waals surface area contributed by atoms with Crippen molar-refractivity contribution < 1.29 is 65.7 Å². The van der Waals surface area contributed by atoms with Gasteiger partial charge < -0.3 is 19.1 Å². The molecule has 1 aliphatic rings. The van der Waals surface area contributed by atoms with Gasteiger partial charge in [0, 0.05) is 26.7 Å². The van der Waals surface area contributed by atoms with Gasteiger partial charge in [-0.3, -0.25) is 10.0 Å². The molecule has 1 heterocycles. The average molecular weight is 617 g/mol. The Hall–Kier alpha value is -2.60. The van der Waals surface area contributed by atoms with E-state index in [1.54, 1.807) is 7.11 Å². The summed E-state index contributed by atoms with van der Waals surface area (Å²) in [5, 5.41) is 23.9. The maximum absolute atomic E-state index is 13.5. The van der Waals surface area contributed by atoms with Gasteiger partial charge in [-0.15, -0.1) is 13.2 Å². The Balaban J connectivity index is 0.00000103. The predicted molar refractivity (Wildman–Crippen MR) is 133 cm³/mol. The van der Waals surface area contributed by atoms with Gasteiger partial charge in [-0.25, -0.2) is 24.4 Å². The zero-order chi connectivity index (χ0) is 29.8. The molecule has 0 atom stereocenters. The van der Waals surface area contributed by atoms with E-state index >= 15 is 0 Å². The number of hydrogen-bond donors (Lipinski definition) is 4. The summed E-state index contributed by atoms with van der Waals surface area (Å²) in [5.74, 6) is -0.976. The average Bonchev–Trinajstić information content (AvgIpc) is 2.93. The second kappa shape index (κ2) is 15.4. The lowest BCUT2D eigenvalue weighted by Gasteiger charge is -2.39. The number of carbonyl (C=O) groups excluding carboxylic acids is 1. The molecular formula is C22H28F3N2O11PS. The standard InChI is InChI=1S/C22H25F3N2O7S.H3O4P/c1-32-15-14-27-12-10-21(11-13-27,20(28)26-29)35(30,31)19-8-6-17(7-9-19)33-16-2-4-18(5-3-16)34-22(23,24)25;1-3-5-4-2/h2-9,29H,10-15H2,1H3,(H,26,28);1-2,5H. The number of carbonyl (C=O) groups is 1. The Morgan fingerprint density at radius 2 is 1.50 bits per heavy atom. The number of nitrogens with zero attached hydrogens (tertiary/aromatic N) is 1. The summed E-state index contributed by atoms with van der Waals surface area (Å²) in [5.41, 5.74) is 1.51. The van der Waals surface area contributed by atoms with Crippen molar-refractivity contribution >= 4 is 24.8 Å². The minimum atomic E-state index is -4.81. The minimum absolute atomic E-state index is 0.0178. The number of likely N-dealkylation sites (tertiary alicyclic amines) is 1. The number of nitrogens with one attached hydrogen (secondary N) is 1. The molecule has 18 heteroatoms. The van der Waals surface area contributed by atoms with Gasteiger partial charge in [-0.2, -0.15) is 9.35 Å². The zero-order valence-corrected chi connectivity index (χ0v) is 22.8. The number of piperidine rings is 1. The van der Waals surface area contributed by atoms with Crippen molar-refractivity contribution in [3.63, 3.8) is 0 Å². The molecule has 0 aromatic heterocycles. The van der Waals surface area contributed by atoms with Gasteiger partial charge >= 0.3 is 6.36 Å².